The summed E-state index contributed by atoms with van der Waals surface area (Å²) in [4.78, 5) is 18.9. The van der Waals surface area contributed by atoms with E-state index >= 15 is 0 Å². The van der Waals surface area contributed by atoms with Crippen LogP contribution in [0.2, 0.25) is 0 Å². The van der Waals surface area contributed by atoms with Gasteiger partial charge in [0.05, 0.1) is 24.2 Å². The van der Waals surface area contributed by atoms with Crippen molar-refractivity contribution in [2.45, 2.75) is 26.1 Å². The van der Waals surface area contributed by atoms with E-state index in [4.69, 9.17) is 0 Å². The summed E-state index contributed by atoms with van der Waals surface area (Å²) in [7, 11) is 0. The van der Waals surface area contributed by atoms with E-state index in [9.17, 15) is 15.0 Å². The van der Waals surface area contributed by atoms with E-state index in [0.29, 0.717) is 5.69 Å². The average Bonchev–Trinajstić information content (AvgIpc) is 2.27. The van der Waals surface area contributed by atoms with Gasteiger partial charge in [-0.25, -0.2) is 4.79 Å². The van der Waals surface area contributed by atoms with Crippen molar-refractivity contribution in [1.82, 2.24) is 9.97 Å². The van der Waals surface area contributed by atoms with E-state index in [1.54, 1.807) is 13.8 Å². The number of aliphatic hydroxyl groups is 2. The Balaban J connectivity index is 2.77. The highest BCUT2D eigenvalue weighted by Crippen LogP contribution is 2.14. The van der Waals surface area contributed by atoms with Crippen molar-refractivity contribution in [3.8, 4) is 0 Å². The topological polar surface area (TPSA) is 92.5 Å². The Kier molecular flexibility index (Phi) is 4.33. The number of ether oxygens (including phenoxy) is 1. The lowest BCUT2D eigenvalue weighted by atomic mass is 10.1. The van der Waals surface area contributed by atoms with E-state index in [0.717, 1.165) is 0 Å². The van der Waals surface area contributed by atoms with E-state index in [1.165, 1.54) is 12.4 Å². The number of hydrogen-bond acceptors (Lipinski definition) is 6. The lowest BCUT2D eigenvalue weighted by molar-refractivity contribution is -0.159. The zero-order valence-corrected chi connectivity index (χ0v) is 9.12. The zero-order chi connectivity index (χ0) is 12.1. The fourth-order valence-electron chi connectivity index (χ4n) is 1.14. The quantitative estimate of drug-likeness (QED) is 0.687. The van der Waals surface area contributed by atoms with E-state index in [2.05, 4.69) is 14.7 Å². The third-order valence-electron chi connectivity index (χ3n) is 1.90. The number of carbonyl (C=O) groups is 1. The normalized spacial score (nSPS) is 14.2. The van der Waals surface area contributed by atoms with Crippen molar-refractivity contribution in [3.05, 3.63) is 23.8 Å². The van der Waals surface area contributed by atoms with E-state index in [-0.39, 0.29) is 12.3 Å². The predicted octanol–water partition coefficient (Wildman–Crippen LogP) is -0.258. The van der Waals surface area contributed by atoms with Crippen molar-refractivity contribution < 1.29 is 19.7 Å². The largest absolute Gasteiger partial charge is 0.464 e. The molecule has 1 aromatic heterocycles. The van der Waals surface area contributed by atoms with Crippen LogP contribution in [0, 0.1) is 6.92 Å². The molecule has 0 radical (unpaired) electrons. The van der Waals surface area contributed by atoms with Crippen molar-refractivity contribution in [1.29, 1.82) is 0 Å². The summed E-state index contributed by atoms with van der Waals surface area (Å²) in [5.74, 6) is -0.877. The molecule has 2 unspecified atom stereocenters. The third kappa shape index (κ3) is 2.98. The van der Waals surface area contributed by atoms with Gasteiger partial charge in [0.15, 0.2) is 6.10 Å². The first-order valence-electron chi connectivity index (χ1n) is 4.87. The highest BCUT2D eigenvalue weighted by molar-refractivity contribution is 5.75. The summed E-state index contributed by atoms with van der Waals surface area (Å²) in [6.45, 7) is 3.45. The minimum atomic E-state index is -1.64. The van der Waals surface area contributed by atoms with Gasteiger partial charge in [0.1, 0.15) is 6.10 Å². The van der Waals surface area contributed by atoms with Gasteiger partial charge in [-0.05, 0) is 13.8 Å². The summed E-state index contributed by atoms with van der Waals surface area (Å²) in [6, 6.07) is 0. The molecule has 0 fully saturated rings. The summed E-state index contributed by atoms with van der Waals surface area (Å²) in [5, 5.41) is 19.1. The van der Waals surface area contributed by atoms with Crippen molar-refractivity contribution in [2.75, 3.05) is 6.61 Å². The van der Waals surface area contributed by atoms with Crippen LogP contribution in [0.25, 0.3) is 0 Å². The zero-order valence-electron chi connectivity index (χ0n) is 9.12. The second kappa shape index (κ2) is 5.53. The Morgan fingerprint density at radius 1 is 1.50 bits per heavy atom. The van der Waals surface area contributed by atoms with E-state index in [1.807, 2.05) is 0 Å². The van der Waals surface area contributed by atoms with Crippen LogP contribution < -0.4 is 0 Å². The van der Waals surface area contributed by atoms with Crippen LogP contribution in [0.15, 0.2) is 12.4 Å². The Hall–Kier alpha value is -1.53. The molecule has 0 amide bonds. The molecule has 1 rings (SSSR count). The number of esters is 1. The van der Waals surface area contributed by atoms with Crippen LogP contribution in [-0.4, -0.2) is 38.9 Å². The molecule has 6 heteroatoms. The van der Waals surface area contributed by atoms with Gasteiger partial charge in [0.2, 0.25) is 0 Å². The maximum absolute atomic E-state index is 11.2. The highest BCUT2D eigenvalue weighted by Gasteiger charge is 2.28. The second-order valence-corrected chi connectivity index (χ2v) is 3.23. The lowest BCUT2D eigenvalue weighted by Gasteiger charge is -2.15. The molecular formula is C10H14N2O4. The van der Waals surface area contributed by atoms with Crippen LogP contribution in [-0.2, 0) is 9.53 Å². The molecule has 16 heavy (non-hydrogen) atoms. The van der Waals surface area contributed by atoms with Crippen LogP contribution in [0.1, 0.15) is 24.4 Å². The number of aromatic nitrogens is 2. The predicted molar refractivity (Wildman–Crippen MR) is 54.4 cm³/mol. The molecule has 6 nitrogen and oxygen atoms in total. The van der Waals surface area contributed by atoms with Crippen molar-refractivity contribution in [3.63, 3.8) is 0 Å². The van der Waals surface area contributed by atoms with E-state index < -0.39 is 18.2 Å². The molecule has 0 spiro atoms. The Bertz CT molecular complexity index is 370. The molecule has 2 atom stereocenters. The first kappa shape index (κ1) is 12.5. The Morgan fingerprint density at radius 2 is 2.19 bits per heavy atom. The number of rotatable bonds is 4. The fourth-order valence-corrected chi connectivity index (χ4v) is 1.14. The van der Waals surface area contributed by atoms with Gasteiger partial charge in [-0.1, -0.05) is 0 Å². The number of aliphatic hydroxyl groups excluding tert-OH is 2. The fraction of sp³-hybridized carbons (Fsp3) is 0.500. The van der Waals surface area contributed by atoms with Gasteiger partial charge in [-0.2, -0.15) is 0 Å². The smallest absolute Gasteiger partial charge is 0.338 e. The summed E-state index contributed by atoms with van der Waals surface area (Å²) >= 11 is 0. The number of nitrogens with zero attached hydrogens (tertiary/aromatic N) is 2. The molecule has 0 aliphatic rings. The molecule has 0 bridgehead atoms. The first-order valence-corrected chi connectivity index (χ1v) is 4.87. The average molecular weight is 226 g/mol. The minimum Gasteiger partial charge on any atom is -0.464 e. The maximum Gasteiger partial charge on any atom is 0.338 e. The monoisotopic (exact) mass is 226 g/mol. The van der Waals surface area contributed by atoms with Gasteiger partial charge in [0, 0.05) is 6.20 Å². The Labute approximate surface area is 92.9 Å². The van der Waals surface area contributed by atoms with Gasteiger partial charge in [-0.3, -0.25) is 9.97 Å². The SMILES string of the molecule is CCOC(=O)C(O)C(O)c1cncc(C)n1. The van der Waals surface area contributed by atoms with Gasteiger partial charge >= 0.3 is 5.97 Å². The summed E-state index contributed by atoms with van der Waals surface area (Å²) in [5.41, 5.74) is 0.730. The highest BCUT2D eigenvalue weighted by atomic mass is 16.5. The Morgan fingerprint density at radius 3 is 2.75 bits per heavy atom. The molecule has 1 aromatic rings. The standard InChI is InChI=1S/C10H14N2O4/c1-3-16-10(15)9(14)8(13)7-5-11-4-6(2)12-7/h4-5,8-9,13-14H,3H2,1-2H3. The maximum atomic E-state index is 11.2. The molecule has 0 aliphatic heterocycles. The lowest BCUT2D eigenvalue weighted by Crippen LogP contribution is -2.30. The van der Waals surface area contributed by atoms with Crippen LogP contribution >= 0.6 is 0 Å². The number of hydrogen-bond donors (Lipinski definition) is 2. The third-order valence-corrected chi connectivity index (χ3v) is 1.90. The summed E-state index contributed by atoms with van der Waals surface area (Å²) in [6.07, 6.45) is -0.268. The molecule has 0 saturated heterocycles. The molecule has 0 saturated carbocycles. The second-order valence-electron chi connectivity index (χ2n) is 3.23. The summed E-state index contributed by atoms with van der Waals surface area (Å²) < 4.78 is 4.58. The van der Waals surface area contributed by atoms with Gasteiger partial charge in [0.25, 0.3) is 0 Å². The molecule has 1 heterocycles. The van der Waals surface area contributed by atoms with Crippen molar-refractivity contribution in [2.24, 2.45) is 0 Å². The van der Waals surface area contributed by atoms with Crippen LogP contribution in [0.5, 0.6) is 0 Å². The molecule has 88 valence electrons. The van der Waals surface area contributed by atoms with Crippen molar-refractivity contribution >= 4 is 5.97 Å². The molecular weight excluding hydrogens is 212 g/mol. The first-order chi connectivity index (χ1) is 7.56. The minimum absolute atomic E-state index is 0.139. The number of carbonyl (C=O) groups excluding carboxylic acids is 1. The van der Waals surface area contributed by atoms with Crippen LogP contribution in [0.3, 0.4) is 0 Å². The molecule has 2 N–H and O–H groups in total. The van der Waals surface area contributed by atoms with Crippen LogP contribution in [0.4, 0.5) is 0 Å². The van der Waals surface area contributed by atoms with Gasteiger partial charge < -0.3 is 14.9 Å². The molecule has 0 aromatic carbocycles. The van der Waals surface area contributed by atoms with Gasteiger partial charge in [-0.15, -0.1) is 0 Å². The molecule has 0 aliphatic carbocycles. The number of aryl methyl sites for hydroxylation is 1.